The smallest absolute Gasteiger partial charge is 0.0676 e. The Kier molecular flexibility index (Phi) is 2.61. The molecule has 1 aliphatic heterocycles. The molecule has 0 radical (unpaired) electrons. The van der Waals surface area contributed by atoms with Crippen molar-refractivity contribution in [2.24, 2.45) is 5.92 Å². The van der Waals surface area contributed by atoms with E-state index in [9.17, 15) is 5.11 Å². The highest BCUT2D eigenvalue weighted by Crippen LogP contribution is 2.45. The highest BCUT2D eigenvalue weighted by atomic mass is 16.3. The van der Waals surface area contributed by atoms with Gasteiger partial charge in [-0.15, -0.1) is 0 Å². The Morgan fingerprint density at radius 3 is 2.15 bits per heavy atom. The summed E-state index contributed by atoms with van der Waals surface area (Å²) in [6, 6.07) is 0. The molecule has 0 unspecified atom stereocenters. The first-order chi connectivity index (χ1) is 6.21. The van der Waals surface area contributed by atoms with E-state index in [0.717, 1.165) is 25.9 Å². The van der Waals surface area contributed by atoms with Gasteiger partial charge in [0.2, 0.25) is 0 Å². The Morgan fingerprint density at radius 2 is 1.69 bits per heavy atom. The SMILES string of the molecule is CN1CCCC(O)(C2CC2)CCC1. The molecule has 0 aromatic heterocycles. The largest absolute Gasteiger partial charge is 0.390 e. The molecule has 1 saturated carbocycles. The van der Waals surface area contributed by atoms with Crippen molar-refractivity contribution >= 4 is 0 Å². The highest BCUT2D eigenvalue weighted by molar-refractivity contribution is 4.95. The molecule has 0 aromatic carbocycles. The number of likely N-dealkylation sites (tertiary alicyclic amines) is 1. The van der Waals surface area contributed by atoms with Crippen molar-refractivity contribution in [3.05, 3.63) is 0 Å². The Balaban J connectivity index is 1.90. The summed E-state index contributed by atoms with van der Waals surface area (Å²) in [6.45, 7) is 2.32. The van der Waals surface area contributed by atoms with E-state index in [1.165, 1.54) is 25.7 Å². The van der Waals surface area contributed by atoms with Gasteiger partial charge in [-0.2, -0.15) is 0 Å². The molecule has 2 aliphatic rings. The van der Waals surface area contributed by atoms with Crippen LogP contribution in [0.25, 0.3) is 0 Å². The van der Waals surface area contributed by atoms with Crippen LogP contribution in [0.4, 0.5) is 0 Å². The first-order valence-corrected chi connectivity index (χ1v) is 5.62. The van der Waals surface area contributed by atoms with Crippen LogP contribution in [-0.2, 0) is 0 Å². The molecule has 76 valence electrons. The second kappa shape index (κ2) is 3.58. The predicted molar refractivity (Wildman–Crippen MR) is 53.6 cm³/mol. The molecule has 2 nitrogen and oxygen atoms in total. The zero-order valence-corrected chi connectivity index (χ0v) is 8.63. The zero-order chi connectivity index (χ0) is 9.31. The molecule has 2 fully saturated rings. The monoisotopic (exact) mass is 183 g/mol. The van der Waals surface area contributed by atoms with E-state index >= 15 is 0 Å². The summed E-state index contributed by atoms with van der Waals surface area (Å²) in [5.74, 6) is 0.649. The van der Waals surface area contributed by atoms with Gasteiger partial charge in [0.1, 0.15) is 0 Å². The summed E-state index contributed by atoms with van der Waals surface area (Å²) < 4.78 is 0. The maximum Gasteiger partial charge on any atom is 0.0676 e. The van der Waals surface area contributed by atoms with E-state index in [0.29, 0.717) is 5.92 Å². The van der Waals surface area contributed by atoms with E-state index in [-0.39, 0.29) is 5.60 Å². The fourth-order valence-electron chi connectivity index (χ4n) is 2.58. The van der Waals surface area contributed by atoms with Crippen molar-refractivity contribution in [2.75, 3.05) is 20.1 Å². The second-order valence-corrected chi connectivity index (χ2v) is 4.89. The van der Waals surface area contributed by atoms with Gasteiger partial charge < -0.3 is 10.0 Å². The van der Waals surface area contributed by atoms with Crippen LogP contribution in [0.1, 0.15) is 38.5 Å². The molecule has 1 heterocycles. The topological polar surface area (TPSA) is 23.5 Å². The van der Waals surface area contributed by atoms with Gasteiger partial charge in [-0.3, -0.25) is 0 Å². The van der Waals surface area contributed by atoms with Gasteiger partial charge in [-0.05, 0) is 64.6 Å². The molecule has 0 atom stereocenters. The lowest BCUT2D eigenvalue weighted by atomic mass is 9.86. The molecule has 0 amide bonds. The van der Waals surface area contributed by atoms with Crippen LogP contribution in [0.5, 0.6) is 0 Å². The van der Waals surface area contributed by atoms with Gasteiger partial charge in [0.05, 0.1) is 5.60 Å². The summed E-state index contributed by atoms with van der Waals surface area (Å²) >= 11 is 0. The molecular weight excluding hydrogens is 162 g/mol. The Bertz CT molecular complexity index is 167. The Labute approximate surface area is 80.9 Å². The van der Waals surface area contributed by atoms with Crippen molar-refractivity contribution in [1.29, 1.82) is 0 Å². The average Bonchev–Trinajstić information content (AvgIpc) is 2.83. The van der Waals surface area contributed by atoms with Gasteiger partial charge in [-0.25, -0.2) is 0 Å². The van der Waals surface area contributed by atoms with Crippen molar-refractivity contribution in [3.8, 4) is 0 Å². The lowest BCUT2D eigenvalue weighted by Crippen LogP contribution is -2.36. The summed E-state index contributed by atoms with van der Waals surface area (Å²) in [4.78, 5) is 2.38. The third-order valence-electron chi connectivity index (χ3n) is 3.64. The van der Waals surface area contributed by atoms with E-state index in [4.69, 9.17) is 0 Å². The minimum absolute atomic E-state index is 0.277. The first-order valence-electron chi connectivity index (χ1n) is 5.62. The number of nitrogens with zero attached hydrogens (tertiary/aromatic N) is 1. The lowest BCUT2D eigenvalue weighted by Gasteiger charge is -2.32. The normalized spacial score (nSPS) is 30.9. The molecule has 1 aliphatic carbocycles. The standard InChI is InChI=1S/C11H21NO/c1-12-8-2-6-11(13,7-3-9-12)10-4-5-10/h10,13H,2-9H2,1H3. The molecule has 1 N–H and O–H groups in total. The maximum absolute atomic E-state index is 10.4. The van der Waals surface area contributed by atoms with Gasteiger partial charge in [0.15, 0.2) is 0 Å². The van der Waals surface area contributed by atoms with Gasteiger partial charge in [0, 0.05) is 0 Å². The molecule has 1 saturated heterocycles. The van der Waals surface area contributed by atoms with E-state index in [2.05, 4.69) is 11.9 Å². The molecule has 13 heavy (non-hydrogen) atoms. The average molecular weight is 183 g/mol. The lowest BCUT2D eigenvalue weighted by molar-refractivity contribution is -0.0122. The second-order valence-electron chi connectivity index (χ2n) is 4.89. The summed E-state index contributed by atoms with van der Waals surface area (Å²) in [6.07, 6.45) is 6.94. The van der Waals surface area contributed by atoms with Crippen molar-refractivity contribution in [1.82, 2.24) is 4.90 Å². The van der Waals surface area contributed by atoms with Crippen LogP contribution < -0.4 is 0 Å². The molecule has 0 spiro atoms. The van der Waals surface area contributed by atoms with Crippen LogP contribution in [0.15, 0.2) is 0 Å². The summed E-state index contributed by atoms with van der Waals surface area (Å²) in [5, 5.41) is 10.4. The third kappa shape index (κ3) is 2.23. The van der Waals surface area contributed by atoms with Crippen LogP contribution >= 0.6 is 0 Å². The predicted octanol–water partition coefficient (Wildman–Crippen LogP) is 1.63. The van der Waals surface area contributed by atoms with Crippen LogP contribution in [0.3, 0.4) is 0 Å². The molecular formula is C11H21NO. The van der Waals surface area contributed by atoms with Gasteiger partial charge in [-0.1, -0.05) is 0 Å². The summed E-state index contributed by atoms with van der Waals surface area (Å²) in [7, 11) is 2.18. The van der Waals surface area contributed by atoms with Crippen LogP contribution in [0, 0.1) is 5.92 Å². The third-order valence-corrected chi connectivity index (χ3v) is 3.64. The fourth-order valence-corrected chi connectivity index (χ4v) is 2.58. The van der Waals surface area contributed by atoms with E-state index in [1.54, 1.807) is 0 Å². The Hall–Kier alpha value is -0.0800. The van der Waals surface area contributed by atoms with Crippen LogP contribution in [-0.4, -0.2) is 35.7 Å². The zero-order valence-electron chi connectivity index (χ0n) is 8.63. The highest BCUT2D eigenvalue weighted by Gasteiger charge is 2.42. The molecule has 2 rings (SSSR count). The van der Waals surface area contributed by atoms with Gasteiger partial charge in [0.25, 0.3) is 0 Å². The minimum atomic E-state index is -0.277. The Morgan fingerprint density at radius 1 is 1.15 bits per heavy atom. The number of rotatable bonds is 1. The quantitative estimate of drug-likeness (QED) is 0.668. The fraction of sp³-hybridized carbons (Fsp3) is 1.00. The van der Waals surface area contributed by atoms with E-state index in [1.807, 2.05) is 0 Å². The van der Waals surface area contributed by atoms with Gasteiger partial charge >= 0.3 is 0 Å². The van der Waals surface area contributed by atoms with E-state index < -0.39 is 0 Å². The van der Waals surface area contributed by atoms with Crippen molar-refractivity contribution < 1.29 is 5.11 Å². The maximum atomic E-state index is 10.4. The minimum Gasteiger partial charge on any atom is -0.390 e. The number of hydrogen-bond donors (Lipinski definition) is 1. The van der Waals surface area contributed by atoms with Crippen LogP contribution in [0.2, 0.25) is 0 Å². The summed E-state index contributed by atoms with van der Waals surface area (Å²) in [5.41, 5.74) is -0.277. The first kappa shape index (κ1) is 9.47. The van der Waals surface area contributed by atoms with Crippen molar-refractivity contribution in [3.63, 3.8) is 0 Å². The number of hydrogen-bond acceptors (Lipinski definition) is 2. The molecule has 2 heteroatoms. The number of aliphatic hydroxyl groups is 1. The molecule has 0 aromatic rings. The van der Waals surface area contributed by atoms with Crippen molar-refractivity contribution in [2.45, 2.75) is 44.1 Å². The molecule has 0 bridgehead atoms.